The summed E-state index contributed by atoms with van der Waals surface area (Å²) in [6, 6.07) is 15.5. The first-order valence-corrected chi connectivity index (χ1v) is 14.8. The Bertz CT molecular complexity index is 1390. The van der Waals surface area contributed by atoms with Crippen molar-refractivity contribution in [3.05, 3.63) is 70.3 Å². The molecule has 7 heteroatoms. The molecule has 4 heterocycles. The van der Waals surface area contributed by atoms with Crippen molar-refractivity contribution in [2.75, 3.05) is 55.1 Å². The first-order valence-electron chi connectivity index (χ1n) is 14.8. The predicted octanol–water partition coefficient (Wildman–Crippen LogP) is 6.37. The van der Waals surface area contributed by atoms with Crippen LogP contribution in [0.15, 0.2) is 42.5 Å². The Kier molecular flexibility index (Phi) is 8.00. The van der Waals surface area contributed by atoms with E-state index in [4.69, 9.17) is 23.7 Å². The Morgan fingerprint density at radius 2 is 1.49 bits per heavy atom. The van der Waals surface area contributed by atoms with Gasteiger partial charge in [0, 0.05) is 30.7 Å². The Morgan fingerprint density at radius 1 is 0.780 bits per heavy atom. The van der Waals surface area contributed by atoms with E-state index in [0.29, 0.717) is 23.9 Å². The van der Waals surface area contributed by atoms with Crippen molar-refractivity contribution in [1.29, 1.82) is 0 Å². The zero-order valence-electron chi connectivity index (χ0n) is 25.0. The van der Waals surface area contributed by atoms with Gasteiger partial charge in [-0.3, -0.25) is 9.80 Å². The Morgan fingerprint density at radius 3 is 2.22 bits per heavy atom. The van der Waals surface area contributed by atoms with Gasteiger partial charge in [-0.25, -0.2) is 0 Å². The molecule has 41 heavy (non-hydrogen) atoms. The van der Waals surface area contributed by atoms with Crippen LogP contribution in [0, 0.1) is 0 Å². The van der Waals surface area contributed by atoms with Crippen molar-refractivity contribution in [3.63, 3.8) is 0 Å². The summed E-state index contributed by atoms with van der Waals surface area (Å²) in [6.45, 7) is 2.67. The van der Waals surface area contributed by atoms with Crippen molar-refractivity contribution in [2.24, 2.45) is 0 Å². The quantitative estimate of drug-likeness (QED) is 0.370. The maximum absolute atomic E-state index is 6.96. The fraction of sp³-hybridized carbons (Fsp3) is 0.471. The smallest absolute Gasteiger partial charge is 0.204 e. The molecule has 0 radical (unpaired) electrons. The van der Waals surface area contributed by atoms with E-state index < -0.39 is 0 Å². The van der Waals surface area contributed by atoms with Gasteiger partial charge in [0.15, 0.2) is 23.0 Å². The van der Waals surface area contributed by atoms with Crippen LogP contribution in [0.4, 0.5) is 0 Å². The van der Waals surface area contributed by atoms with Gasteiger partial charge in [-0.05, 0) is 105 Å². The second-order valence-electron chi connectivity index (χ2n) is 11.5. The molecule has 0 saturated carbocycles. The van der Waals surface area contributed by atoms with Crippen molar-refractivity contribution in [2.45, 2.75) is 50.6 Å². The van der Waals surface area contributed by atoms with Crippen LogP contribution in [0.1, 0.15) is 59.2 Å². The number of methoxy groups -OCH3 is 3. The van der Waals surface area contributed by atoms with E-state index in [0.717, 1.165) is 68.9 Å². The molecule has 2 unspecified atom stereocenters. The minimum atomic E-state index is 0.189. The zero-order valence-corrected chi connectivity index (χ0v) is 25.0. The van der Waals surface area contributed by atoms with Crippen LogP contribution in [0.3, 0.4) is 0 Å². The number of hydrogen-bond acceptors (Lipinski definition) is 7. The summed E-state index contributed by atoms with van der Waals surface area (Å²) in [5, 5.41) is 0. The minimum absolute atomic E-state index is 0.189. The molecular formula is C34H42N2O5. The van der Waals surface area contributed by atoms with Crippen molar-refractivity contribution >= 4 is 0 Å². The third-order valence-corrected chi connectivity index (χ3v) is 9.10. The highest BCUT2D eigenvalue weighted by molar-refractivity contribution is 5.63. The predicted molar refractivity (Wildman–Crippen MR) is 160 cm³/mol. The molecule has 2 atom stereocenters. The number of benzene rings is 3. The van der Waals surface area contributed by atoms with Crippen LogP contribution in [-0.2, 0) is 19.3 Å². The van der Waals surface area contributed by atoms with E-state index in [1.807, 2.05) is 0 Å². The van der Waals surface area contributed by atoms with Gasteiger partial charge >= 0.3 is 0 Å². The number of hydrogen-bond donors (Lipinski definition) is 0. The lowest BCUT2D eigenvalue weighted by atomic mass is 9.87. The van der Waals surface area contributed by atoms with E-state index in [2.05, 4.69) is 66.4 Å². The molecule has 0 saturated heterocycles. The molecule has 0 spiro atoms. The first kappa shape index (κ1) is 27.7. The molecule has 4 aliphatic heterocycles. The number of nitrogens with zero attached hydrogens (tertiary/aromatic N) is 2. The van der Waals surface area contributed by atoms with Gasteiger partial charge in [-0.1, -0.05) is 12.1 Å². The van der Waals surface area contributed by atoms with Gasteiger partial charge in [0.2, 0.25) is 5.75 Å². The number of likely N-dealkylation sites (N-methyl/N-ethyl adjacent to an activating group) is 2. The van der Waals surface area contributed by atoms with E-state index in [-0.39, 0.29) is 12.1 Å². The molecular weight excluding hydrogens is 516 g/mol. The highest BCUT2D eigenvalue weighted by atomic mass is 16.5. The molecule has 0 aromatic heterocycles. The minimum Gasteiger partial charge on any atom is -0.494 e. The molecule has 218 valence electrons. The molecule has 4 aliphatic rings. The highest BCUT2D eigenvalue weighted by Crippen LogP contribution is 2.51. The maximum atomic E-state index is 6.96. The monoisotopic (exact) mass is 558 g/mol. The summed E-state index contributed by atoms with van der Waals surface area (Å²) in [7, 11) is 9.52. The fourth-order valence-electron chi connectivity index (χ4n) is 6.76. The third-order valence-electron chi connectivity index (χ3n) is 9.10. The van der Waals surface area contributed by atoms with Gasteiger partial charge in [0.05, 0.1) is 27.9 Å². The summed E-state index contributed by atoms with van der Waals surface area (Å²) in [5.74, 6) is 4.42. The lowest BCUT2D eigenvalue weighted by Gasteiger charge is -2.37. The number of fused-ring (bicyclic) bond motifs is 6. The fourth-order valence-corrected chi connectivity index (χ4v) is 6.76. The van der Waals surface area contributed by atoms with Gasteiger partial charge < -0.3 is 23.7 Å². The Labute approximate surface area is 243 Å². The second-order valence-corrected chi connectivity index (χ2v) is 11.5. The lowest BCUT2D eigenvalue weighted by molar-refractivity contribution is 0.203. The molecule has 0 aliphatic carbocycles. The van der Waals surface area contributed by atoms with Crippen LogP contribution in [0.25, 0.3) is 0 Å². The normalized spacial score (nSPS) is 21.1. The average Bonchev–Trinajstić information content (AvgIpc) is 2.99. The largest absolute Gasteiger partial charge is 0.494 e. The van der Waals surface area contributed by atoms with Gasteiger partial charge in [-0.2, -0.15) is 0 Å². The second kappa shape index (κ2) is 11.8. The van der Waals surface area contributed by atoms with Crippen molar-refractivity contribution in [1.82, 2.24) is 9.80 Å². The lowest BCUT2D eigenvalue weighted by Crippen LogP contribution is -2.33. The van der Waals surface area contributed by atoms with Gasteiger partial charge in [-0.15, -0.1) is 0 Å². The molecule has 3 aromatic carbocycles. The van der Waals surface area contributed by atoms with Crippen molar-refractivity contribution in [3.8, 4) is 34.5 Å². The van der Waals surface area contributed by atoms with Crippen LogP contribution < -0.4 is 23.7 Å². The summed E-state index contributed by atoms with van der Waals surface area (Å²) in [6.07, 6.45) is 5.81. The molecule has 0 amide bonds. The Hall–Kier alpha value is -3.42. The van der Waals surface area contributed by atoms with Crippen LogP contribution in [0.5, 0.6) is 34.5 Å². The highest BCUT2D eigenvalue weighted by Gasteiger charge is 2.34. The SMILES string of the molecule is COc1cc2c3cc1Oc1c(OC)c(OC)cc4c1C(CCCCOc1ccc(cc1)CC3N(C)CC2)N(C)CC4. The Balaban J connectivity index is 1.53. The zero-order chi connectivity index (χ0) is 28.5. The van der Waals surface area contributed by atoms with Crippen LogP contribution in [-0.4, -0.2) is 64.9 Å². The number of ether oxygens (including phenoxy) is 5. The maximum Gasteiger partial charge on any atom is 0.204 e. The van der Waals surface area contributed by atoms with Gasteiger partial charge in [0.1, 0.15) is 5.75 Å². The van der Waals surface area contributed by atoms with E-state index in [1.165, 1.54) is 27.8 Å². The summed E-state index contributed by atoms with van der Waals surface area (Å²) < 4.78 is 30.8. The third kappa shape index (κ3) is 5.33. The summed E-state index contributed by atoms with van der Waals surface area (Å²) in [5.41, 5.74) is 6.31. The topological polar surface area (TPSA) is 52.6 Å². The summed E-state index contributed by atoms with van der Waals surface area (Å²) >= 11 is 0. The molecule has 0 N–H and O–H groups in total. The standard InChI is InChI=1S/C34H42N2O5/c1-35-16-14-24-20-31(38-4)33(39-5)34-32(24)27(35)8-6-7-17-40-25-11-9-22(10-12-25)18-28-26-21-30(41-34)29(37-3)19-23(26)13-15-36(28)2/h9-12,19-21,27-28H,6-8,13-18H2,1-5H3. The van der Waals surface area contributed by atoms with Crippen molar-refractivity contribution < 1.29 is 23.7 Å². The van der Waals surface area contributed by atoms with E-state index >= 15 is 0 Å². The molecule has 7 rings (SSSR count). The van der Waals surface area contributed by atoms with E-state index in [9.17, 15) is 0 Å². The molecule has 0 fully saturated rings. The van der Waals surface area contributed by atoms with E-state index in [1.54, 1.807) is 21.3 Å². The first-order chi connectivity index (χ1) is 20.0. The molecule has 3 aromatic rings. The average molecular weight is 559 g/mol. The van der Waals surface area contributed by atoms with Crippen LogP contribution >= 0.6 is 0 Å². The molecule has 7 nitrogen and oxygen atoms in total. The summed E-state index contributed by atoms with van der Waals surface area (Å²) in [4.78, 5) is 4.88. The molecule has 4 bridgehead atoms. The number of rotatable bonds is 3. The van der Waals surface area contributed by atoms with Gasteiger partial charge in [0.25, 0.3) is 0 Å². The van der Waals surface area contributed by atoms with Crippen LogP contribution in [0.2, 0.25) is 0 Å².